The Labute approximate surface area is 183 Å². The molecule has 0 atom stereocenters. The summed E-state index contributed by atoms with van der Waals surface area (Å²) in [6.07, 6.45) is -2.68. The molecule has 0 unspecified atom stereocenters. The van der Waals surface area contributed by atoms with Crippen LogP contribution in [0.3, 0.4) is 0 Å². The topological polar surface area (TPSA) is 97.5 Å². The maximum atomic E-state index is 13.9. The number of aromatic carboxylic acids is 1. The molecule has 1 saturated carbocycles. The van der Waals surface area contributed by atoms with Crippen molar-refractivity contribution in [1.29, 1.82) is 5.26 Å². The first-order valence-corrected chi connectivity index (χ1v) is 9.61. The lowest BCUT2D eigenvalue weighted by atomic mass is 9.75. The number of carbonyl (C=O) groups excluding carboxylic acids is 1. The molecule has 0 radical (unpaired) electrons. The van der Waals surface area contributed by atoms with Gasteiger partial charge in [0.1, 0.15) is 17.4 Å². The van der Waals surface area contributed by atoms with Crippen LogP contribution in [-0.4, -0.2) is 32.6 Å². The molecular weight excluding hydrogens is 452 g/mol. The van der Waals surface area contributed by atoms with Gasteiger partial charge in [-0.3, -0.25) is 9.69 Å². The molecule has 2 aliphatic rings. The number of nitrogens with zero attached hydrogens (tertiary/aromatic N) is 4. The minimum Gasteiger partial charge on any atom is -0.478 e. The Morgan fingerprint density at radius 1 is 1.25 bits per heavy atom. The number of alkyl halides is 3. The summed E-state index contributed by atoms with van der Waals surface area (Å²) in [5.41, 5.74) is -4.17. The second-order valence-electron chi connectivity index (χ2n) is 7.31. The first kappa shape index (κ1) is 21.6. The highest BCUT2D eigenvalue weighted by atomic mass is 32.1. The van der Waals surface area contributed by atoms with E-state index in [1.807, 2.05) is 0 Å². The molecule has 32 heavy (non-hydrogen) atoms. The number of carbonyl (C=O) groups is 2. The number of amides is 1. The van der Waals surface area contributed by atoms with Crippen molar-refractivity contribution in [2.45, 2.75) is 31.0 Å². The number of nitriles is 1. The van der Waals surface area contributed by atoms with Gasteiger partial charge >= 0.3 is 12.1 Å². The molecule has 1 spiro atoms. The smallest absolute Gasteiger partial charge is 0.419 e. The van der Waals surface area contributed by atoms with Gasteiger partial charge in [-0.2, -0.15) is 18.4 Å². The molecule has 164 valence electrons. The Hall–Kier alpha value is -3.59. The van der Waals surface area contributed by atoms with Gasteiger partial charge in [-0.25, -0.2) is 14.2 Å². The van der Waals surface area contributed by atoms with Gasteiger partial charge in [-0.1, -0.05) is 0 Å². The van der Waals surface area contributed by atoms with E-state index in [1.54, 1.807) is 0 Å². The zero-order chi connectivity index (χ0) is 23.4. The third kappa shape index (κ3) is 3.08. The third-order valence-electron chi connectivity index (χ3n) is 5.57. The first-order chi connectivity index (χ1) is 15.0. The van der Waals surface area contributed by atoms with Crippen LogP contribution in [0.5, 0.6) is 0 Å². The first-order valence-electron chi connectivity index (χ1n) is 9.20. The molecule has 2 fully saturated rings. The Morgan fingerprint density at radius 2 is 1.94 bits per heavy atom. The SMILES string of the molecule is N#Cc1ncc(N2C(=O)C3(CCC3)N(c3ccc(F)c(C(=O)O)c3)C2=S)cc1C(F)(F)F. The predicted molar refractivity (Wildman–Crippen MR) is 106 cm³/mol. The zero-order valence-corrected chi connectivity index (χ0v) is 16.8. The summed E-state index contributed by atoms with van der Waals surface area (Å²) in [7, 11) is 0. The number of thiocarbonyl (C=S) groups is 1. The van der Waals surface area contributed by atoms with Gasteiger partial charge in [-0.15, -0.1) is 0 Å². The van der Waals surface area contributed by atoms with Gasteiger partial charge in [0.15, 0.2) is 10.8 Å². The Balaban J connectivity index is 1.84. The summed E-state index contributed by atoms with van der Waals surface area (Å²) in [5.74, 6) is -3.11. The standard InChI is InChI=1S/C20H12F4N4O3S/c21-14-3-2-10(6-12(14)16(29)30)28-18(32)27(17(31)19(28)4-1-5-19)11-7-13(20(22,23)24)15(8-25)26-9-11/h2-3,6-7,9H,1,4-5H2,(H,29,30). The minimum absolute atomic E-state index is 0.127. The van der Waals surface area contributed by atoms with Gasteiger partial charge < -0.3 is 10.0 Å². The monoisotopic (exact) mass is 464 g/mol. The largest absolute Gasteiger partial charge is 0.478 e. The third-order valence-corrected chi connectivity index (χ3v) is 5.94. The van der Waals surface area contributed by atoms with Gasteiger partial charge in [0.05, 0.1) is 23.0 Å². The summed E-state index contributed by atoms with van der Waals surface area (Å²) in [5, 5.41) is 18.0. The molecular formula is C20H12F4N4O3S. The number of aromatic nitrogens is 1. The number of halogens is 4. The average Bonchev–Trinajstić information content (AvgIpc) is 2.94. The summed E-state index contributed by atoms with van der Waals surface area (Å²) < 4.78 is 54.1. The fourth-order valence-electron chi connectivity index (χ4n) is 3.91. The average molecular weight is 464 g/mol. The molecule has 1 aliphatic carbocycles. The number of anilines is 2. The van der Waals surface area contributed by atoms with Crippen LogP contribution in [0.1, 0.15) is 40.9 Å². The second-order valence-corrected chi connectivity index (χ2v) is 7.68. The van der Waals surface area contributed by atoms with Gasteiger partial charge in [0.25, 0.3) is 5.91 Å². The molecule has 7 nitrogen and oxygen atoms in total. The van der Waals surface area contributed by atoms with Crippen molar-refractivity contribution >= 4 is 40.6 Å². The quantitative estimate of drug-likeness (QED) is 0.544. The normalized spacial score (nSPS) is 17.5. The van der Waals surface area contributed by atoms with Crippen molar-refractivity contribution in [1.82, 2.24) is 4.98 Å². The number of rotatable bonds is 3. The van der Waals surface area contributed by atoms with Gasteiger partial charge in [0, 0.05) is 5.69 Å². The van der Waals surface area contributed by atoms with Gasteiger partial charge in [0.2, 0.25) is 0 Å². The van der Waals surface area contributed by atoms with Crippen molar-refractivity contribution in [3.05, 3.63) is 53.1 Å². The number of hydrogen-bond donors (Lipinski definition) is 1. The predicted octanol–water partition coefficient (Wildman–Crippen LogP) is 3.87. The van der Waals surface area contributed by atoms with E-state index < -0.39 is 46.2 Å². The van der Waals surface area contributed by atoms with Crippen molar-refractivity contribution in [2.24, 2.45) is 0 Å². The highest BCUT2D eigenvalue weighted by Gasteiger charge is 2.59. The van der Waals surface area contributed by atoms with E-state index in [1.165, 1.54) is 17.0 Å². The highest BCUT2D eigenvalue weighted by molar-refractivity contribution is 7.81. The number of hydrogen-bond acceptors (Lipinski definition) is 5. The second kappa shape index (κ2) is 7.23. The van der Waals surface area contributed by atoms with Crippen LogP contribution in [0, 0.1) is 17.1 Å². The van der Waals surface area contributed by atoms with E-state index in [0.717, 1.165) is 23.2 Å². The lowest BCUT2D eigenvalue weighted by Gasteiger charge is -2.43. The van der Waals surface area contributed by atoms with Crippen molar-refractivity contribution in [2.75, 3.05) is 9.80 Å². The fraction of sp³-hybridized carbons (Fsp3) is 0.250. The number of carboxylic acid groups (broad SMARTS) is 1. The maximum Gasteiger partial charge on any atom is 0.419 e. The molecule has 2 heterocycles. The van der Waals surface area contributed by atoms with E-state index in [0.29, 0.717) is 25.3 Å². The zero-order valence-electron chi connectivity index (χ0n) is 16.0. The van der Waals surface area contributed by atoms with Crippen LogP contribution in [0.15, 0.2) is 30.5 Å². The molecule has 1 amide bonds. The van der Waals surface area contributed by atoms with Crippen LogP contribution in [0.25, 0.3) is 0 Å². The van der Waals surface area contributed by atoms with Crippen LogP contribution in [-0.2, 0) is 11.0 Å². The lowest BCUT2D eigenvalue weighted by Crippen LogP contribution is -2.55. The van der Waals surface area contributed by atoms with Crippen LogP contribution in [0.2, 0.25) is 0 Å². The molecule has 1 N–H and O–H groups in total. The molecule has 1 aromatic heterocycles. The van der Waals surface area contributed by atoms with Crippen LogP contribution >= 0.6 is 12.2 Å². The summed E-state index contributed by atoms with van der Waals surface area (Å²) in [6.45, 7) is 0. The maximum absolute atomic E-state index is 13.9. The van der Waals surface area contributed by atoms with Crippen molar-refractivity contribution < 1.29 is 32.3 Å². The molecule has 1 saturated heterocycles. The van der Waals surface area contributed by atoms with Crippen molar-refractivity contribution in [3.63, 3.8) is 0 Å². The number of benzene rings is 1. The fourth-order valence-corrected chi connectivity index (χ4v) is 4.37. The summed E-state index contributed by atoms with van der Waals surface area (Å²) in [6, 6.07) is 5.20. The molecule has 4 rings (SSSR count). The minimum atomic E-state index is -4.89. The van der Waals surface area contributed by atoms with Crippen LogP contribution in [0.4, 0.5) is 28.9 Å². The molecule has 0 bridgehead atoms. The summed E-state index contributed by atoms with van der Waals surface area (Å²) in [4.78, 5) is 30.5. The number of pyridine rings is 1. The lowest BCUT2D eigenvalue weighted by molar-refractivity contribution is -0.138. The van der Waals surface area contributed by atoms with Crippen LogP contribution < -0.4 is 9.80 Å². The number of carboxylic acids is 1. The van der Waals surface area contributed by atoms with E-state index in [-0.39, 0.29) is 16.5 Å². The molecule has 12 heteroatoms. The Kier molecular flexibility index (Phi) is 4.89. The Morgan fingerprint density at radius 3 is 2.47 bits per heavy atom. The van der Waals surface area contributed by atoms with E-state index in [4.69, 9.17) is 17.5 Å². The Bertz CT molecular complexity index is 1220. The van der Waals surface area contributed by atoms with Gasteiger partial charge in [-0.05, 0) is 55.7 Å². The van der Waals surface area contributed by atoms with E-state index >= 15 is 0 Å². The summed E-state index contributed by atoms with van der Waals surface area (Å²) >= 11 is 5.41. The molecule has 1 aromatic carbocycles. The highest BCUT2D eigenvalue weighted by Crippen LogP contribution is 2.48. The van der Waals surface area contributed by atoms with Crippen molar-refractivity contribution in [3.8, 4) is 6.07 Å². The molecule has 1 aliphatic heterocycles. The van der Waals surface area contributed by atoms with E-state index in [9.17, 15) is 32.3 Å². The van der Waals surface area contributed by atoms with E-state index in [2.05, 4.69) is 4.98 Å². The molecule has 2 aromatic rings.